The van der Waals surface area contributed by atoms with Crippen molar-refractivity contribution in [2.45, 2.75) is 55.5 Å². The van der Waals surface area contributed by atoms with Crippen molar-refractivity contribution in [3.8, 4) is 0 Å². The third-order valence-electron chi connectivity index (χ3n) is 5.11. The molecule has 0 aliphatic heterocycles. The zero-order valence-corrected chi connectivity index (χ0v) is 16.0. The summed E-state index contributed by atoms with van der Waals surface area (Å²) in [7, 11) is 0. The minimum absolute atomic E-state index is 0.0172. The van der Waals surface area contributed by atoms with Gasteiger partial charge in [0.1, 0.15) is 0 Å². The third kappa shape index (κ3) is 4.83. The highest BCUT2D eigenvalue weighted by atomic mass is 32.2. The zero-order valence-electron chi connectivity index (χ0n) is 15.2. The molecule has 1 fully saturated rings. The largest absolute Gasteiger partial charge is 0.330 e. The summed E-state index contributed by atoms with van der Waals surface area (Å²) in [5.74, 6) is 0.0623. The fraction of sp³-hybridized carbons (Fsp3) is 0.450. The molecule has 6 heteroatoms. The Labute approximate surface area is 159 Å². The van der Waals surface area contributed by atoms with Crippen molar-refractivity contribution < 1.29 is 4.79 Å². The Bertz CT molecular complexity index is 745. The van der Waals surface area contributed by atoms with Gasteiger partial charge < -0.3 is 11.1 Å². The quantitative estimate of drug-likeness (QED) is 0.746. The Morgan fingerprint density at radius 3 is 2.62 bits per heavy atom. The first kappa shape index (κ1) is 18.9. The van der Waals surface area contributed by atoms with Crippen LogP contribution in [-0.4, -0.2) is 22.4 Å². The van der Waals surface area contributed by atoms with Gasteiger partial charge in [0.15, 0.2) is 5.16 Å². The molecule has 26 heavy (non-hydrogen) atoms. The van der Waals surface area contributed by atoms with Crippen LogP contribution < -0.4 is 11.1 Å². The van der Waals surface area contributed by atoms with Crippen molar-refractivity contribution in [3.05, 3.63) is 42.2 Å². The molecule has 1 aliphatic rings. The number of carbonyl (C=O) groups excluding carboxylic acids is 1. The number of aryl methyl sites for hydroxylation is 1. The molecular formula is C20H26N4OS. The molecule has 1 aliphatic carbocycles. The summed E-state index contributed by atoms with van der Waals surface area (Å²) in [6, 6.07) is 7.79. The molecule has 0 saturated heterocycles. The average molecular weight is 371 g/mol. The van der Waals surface area contributed by atoms with Crippen molar-refractivity contribution in [1.29, 1.82) is 0 Å². The van der Waals surface area contributed by atoms with Crippen LogP contribution in [-0.2, 0) is 4.79 Å². The number of nitrogens with zero attached hydrogens (tertiary/aromatic N) is 2. The van der Waals surface area contributed by atoms with Gasteiger partial charge in [0.25, 0.3) is 0 Å². The summed E-state index contributed by atoms with van der Waals surface area (Å²) < 4.78 is 0. The Morgan fingerprint density at radius 2 is 1.96 bits per heavy atom. The number of benzene rings is 1. The van der Waals surface area contributed by atoms with Crippen LogP contribution in [0.15, 0.2) is 46.7 Å². The van der Waals surface area contributed by atoms with Crippen molar-refractivity contribution in [2.75, 3.05) is 11.9 Å². The van der Waals surface area contributed by atoms with Crippen molar-refractivity contribution >= 4 is 23.4 Å². The van der Waals surface area contributed by atoms with Crippen LogP contribution in [0.25, 0.3) is 0 Å². The molecule has 0 bridgehead atoms. The maximum atomic E-state index is 12.6. The second kappa shape index (κ2) is 8.64. The first-order chi connectivity index (χ1) is 12.6. The van der Waals surface area contributed by atoms with Crippen LogP contribution in [0.4, 0.5) is 5.69 Å². The van der Waals surface area contributed by atoms with Gasteiger partial charge in [0.2, 0.25) is 5.91 Å². The van der Waals surface area contributed by atoms with Crippen LogP contribution >= 0.6 is 11.8 Å². The standard InChI is InChI=1S/C20H26N4OS/c1-15-12-16(26-19-22-10-5-11-23-19)6-7-17(15)24-18(25)13-20(14-21)8-3-2-4-9-20/h5-7,10-12H,2-4,8-9,13-14,21H2,1H3,(H,24,25). The van der Waals surface area contributed by atoms with Gasteiger partial charge in [0, 0.05) is 29.4 Å². The molecule has 3 N–H and O–H groups in total. The van der Waals surface area contributed by atoms with Crippen molar-refractivity contribution in [1.82, 2.24) is 9.97 Å². The van der Waals surface area contributed by atoms with E-state index in [4.69, 9.17) is 5.73 Å². The number of amides is 1. The third-order valence-corrected chi connectivity index (χ3v) is 5.99. The van der Waals surface area contributed by atoms with E-state index < -0.39 is 0 Å². The second-order valence-corrected chi connectivity index (χ2v) is 8.14. The summed E-state index contributed by atoms with van der Waals surface area (Å²) in [5, 5.41) is 3.79. The number of rotatable bonds is 6. The molecule has 5 nitrogen and oxygen atoms in total. The predicted molar refractivity (Wildman–Crippen MR) is 105 cm³/mol. The van der Waals surface area contributed by atoms with E-state index in [1.807, 2.05) is 19.1 Å². The summed E-state index contributed by atoms with van der Waals surface area (Å²) in [6.45, 7) is 2.59. The molecule has 0 spiro atoms. The number of nitrogens with one attached hydrogen (secondary N) is 1. The number of nitrogens with two attached hydrogens (primary N) is 1. The topological polar surface area (TPSA) is 80.9 Å². The maximum absolute atomic E-state index is 12.6. The number of aromatic nitrogens is 2. The lowest BCUT2D eigenvalue weighted by atomic mass is 9.71. The lowest BCUT2D eigenvalue weighted by Crippen LogP contribution is -2.36. The van der Waals surface area contributed by atoms with Gasteiger partial charge in [0.05, 0.1) is 0 Å². The molecule has 1 aromatic carbocycles. The van der Waals surface area contributed by atoms with Crippen molar-refractivity contribution in [3.63, 3.8) is 0 Å². The summed E-state index contributed by atoms with van der Waals surface area (Å²) in [4.78, 5) is 22.1. The molecule has 0 atom stereocenters. The molecule has 1 aromatic heterocycles. The Balaban J connectivity index is 1.63. The van der Waals surface area contributed by atoms with Gasteiger partial charge >= 0.3 is 0 Å². The molecule has 0 unspecified atom stereocenters. The Kier molecular flexibility index (Phi) is 6.27. The van der Waals surface area contributed by atoms with Gasteiger partial charge in [-0.3, -0.25) is 4.79 Å². The maximum Gasteiger partial charge on any atom is 0.224 e. The van der Waals surface area contributed by atoms with E-state index in [1.54, 1.807) is 18.5 Å². The average Bonchev–Trinajstić information content (AvgIpc) is 2.65. The highest BCUT2D eigenvalue weighted by Crippen LogP contribution is 2.38. The van der Waals surface area contributed by atoms with Gasteiger partial charge in [-0.05, 0) is 73.3 Å². The van der Waals surface area contributed by atoms with Crippen LogP contribution in [0.5, 0.6) is 0 Å². The molecule has 2 aromatic rings. The Morgan fingerprint density at radius 1 is 1.23 bits per heavy atom. The first-order valence-electron chi connectivity index (χ1n) is 9.16. The van der Waals surface area contributed by atoms with E-state index >= 15 is 0 Å². The molecule has 1 amide bonds. The van der Waals surface area contributed by atoms with Gasteiger partial charge in [-0.25, -0.2) is 9.97 Å². The number of hydrogen-bond acceptors (Lipinski definition) is 5. The van der Waals surface area contributed by atoms with Gasteiger partial charge in [-0.1, -0.05) is 19.3 Å². The number of anilines is 1. The zero-order chi connectivity index (χ0) is 18.4. The normalized spacial score (nSPS) is 16.2. The minimum Gasteiger partial charge on any atom is -0.330 e. The lowest BCUT2D eigenvalue weighted by Gasteiger charge is -2.35. The van der Waals surface area contributed by atoms with E-state index in [2.05, 4.69) is 21.4 Å². The van der Waals surface area contributed by atoms with E-state index in [0.717, 1.165) is 29.0 Å². The SMILES string of the molecule is Cc1cc(Sc2ncccn2)ccc1NC(=O)CC1(CN)CCCCC1. The van der Waals surface area contributed by atoms with Crippen LogP contribution in [0.3, 0.4) is 0 Å². The van der Waals surface area contributed by atoms with E-state index in [0.29, 0.717) is 18.1 Å². The highest BCUT2D eigenvalue weighted by Gasteiger charge is 2.33. The summed E-state index contributed by atoms with van der Waals surface area (Å²) >= 11 is 1.51. The molecule has 3 rings (SSSR count). The molecular weight excluding hydrogens is 344 g/mol. The van der Waals surface area contributed by atoms with Gasteiger partial charge in [-0.2, -0.15) is 0 Å². The number of hydrogen-bond donors (Lipinski definition) is 2. The predicted octanol–water partition coefficient (Wildman–Crippen LogP) is 4.17. The fourth-order valence-corrected chi connectivity index (χ4v) is 4.38. The van der Waals surface area contributed by atoms with Crippen LogP contribution in [0, 0.1) is 12.3 Å². The summed E-state index contributed by atoms with van der Waals surface area (Å²) in [6.07, 6.45) is 9.70. The first-order valence-corrected chi connectivity index (χ1v) is 9.97. The monoisotopic (exact) mass is 370 g/mol. The van der Waals surface area contributed by atoms with Crippen LogP contribution in [0.1, 0.15) is 44.1 Å². The number of carbonyl (C=O) groups is 1. The van der Waals surface area contributed by atoms with Gasteiger partial charge in [-0.15, -0.1) is 0 Å². The minimum atomic E-state index is -0.0172. The lowest BCUT2D eigenvalue weighted by molar-refractivity contribution is -0.118. The van der Waals surface area contributed by atoms with Crippen LogP contribution in [0.2, 0.25) is 0 Å². The summed E-state index contributed by atoms with van der Waals surface area (Å²) in [5.41, 5.74) is 7.88. The van der Waals surface area contributed by atoms with E-state index in [9.17, 15) is 4.79 Å². The van der Waals surface area contributed by atoms with Crippen molar-refractivity contribution in [2.24, 2.45) is 11.1 Å². The smallest absolute Gasteiger partial charge is 0.224 e. The molecule has 138 valence electrons. The highest BCUT2D eigenvalue weighted by molar-refractivity contribution is 7.99. The Hall–Kier alpha value is -1.92. The molecule has 0 radical (unpaired) electrons. The molecule has 1 saturated carbocycles. The van der Waals surface area contributed by atoms with E-state index in [1.165, 1.54) is 31.0 Å². The molecule has 1 heterocycles. The second-order valence-electron chi connectivity index (χ2n) is 7.10. The fourth-order valence-electron chi connectivity index (χ4n) is 3.57. The van der Waals surface area contributed by atoms with E-state index in [-0.39, 0.29) is 11.3 Å².